The molecule has 1 fully saturated rings. The minimum atomic E-state index is -0.0258. The van der Waals surface area contributed by atoms with Gasteiger partial charge in [0, 0.05) is 28.8 Å². The molecule has 1 saturated heterocycles. The summed E-state index contributed by atoms with van der Waals surface area (Å²) >= 11 is 3.60. The molecule has 152 valence electrons. The Hall–Kier alpha value is -2.02. The number of aryl methyl sites for hydroxylation is 1. The largest absolute Gasteiger partial charge is 0.378 e. The van der Waals surface area contributed by atoms with Gasteiger partial charge in [-0.05, 0) is 53.8 Å². The van der Waals surface area contributed by atoms with Crippen molar-refractivity contribution < 1.29 is 4.74 Å². The van der Waals surface area contributed by atoms with Crippen molar-refractivity contribution in [2.45, 2.75) is 18.9 Å². The molecule has 5 rings (SSSR count). The lowest BCUT2D eigenvalue weighted by molar-refractivity contribution is 0.122. The van der Waals surface area contributed by atoms with Gasteiger partial charge in [0.1, 0.15) is 6.04 Å². The first-order valence-electron chi connectivity index (χ1n) is 9.74. The molecule has 0 bridgehead atoms. The zero-order chi connectivity index (χ0) is 19.1. The summed E-state index contributed by atoms with van der Waals surface area (Å²) in [4.78, 5) is 7.12. The average Bonchev–Trinajstić information content (AvgIpc) is 2.74. The summed E-state index contributed by atoms with van der Waals surface area (Å²) in [6, 6.07) is 15.2. The monoisotopic (exact) mass is 474 g/mol. The first-order valence-corrected chi connectivity index (χ1v) is 10.5. The average molecular weight is 476 g/mol. The van der Waals surface area contributed by atoms with Crippen molar-refractivity contribution in [3.63, 3.8) is 0 Å². The molecule has 1 unspecified atom stereocenters. The summed E-state index contributed by atoms with van der Waals surface area (Å²) in [5, 5.41) is 3.33. The molecule has 29 heavy (non-hydrogen) atoms. The molecule has 0 aromatic heterocycles. The molecule has 5 nitrogen and oxygen atoms in total. The van der Waals surface area contributed by atoms with Gasteiger partial charge in [0.05, 0.1) is 18.9 Å². The normalized spacial score (nSPS) is 20.8. The van der Waals surface area contributed by atoms with E-state index in [0.717, 1.165) is 49.3 Å². The molecule has 0 radical (unpaired) electrons. The van der Waals surface area contributed by atoms with E-state index in [0.29, 0.717) is 5.96 Å². The van der Waals surface area contributed by atoms with Crippen molar-refractivity contribution in [1.82, 2.24) is 5.32 Å². The van der Waals surface area contributed by atoms with Crippen molar-refractivity contribution >= 4 is 45.7 Å². The van der Waals surface area contributed by atoms with Crippen LogP contribution in [0.5, 0.6) is 0 Å². The molecule has 1 atom stereocenters. The van der Waals surface area contributed by atoms with Crippen LogP contribution in [0.3, 0.4) is 0 Å². The number of hydrogen-bond donors (Lipinski definition) is 2. The standard InChI is InChI=1S/C22H23BrN4O.ClH/c23-16-5-1-14-4-8-18-20(25-22(24)26-21(18)19(14)13-16)15-2-6-17(7-3-15)27-9-11-28-12-10-27;/h1-3,5-7,13,20H,4,8-12H2,(H3,24,25,26);1H. The second-order valence-corrected chi connectivity index (χ2v) is 8.35. The molecule has 1 aliphatic carbocycles. The number of hydrogen-bond acceptors (Lipinski definition) is 5. The van der Waals surface area contributed by atoms with Crippen LogP contribution in [0.4, 0.5) is 5.69 Å². The van der Waals surface area contributed by atoms with Crippen molar-refractivity contribution in [2.24, 2.45) is 10.7 Å². The van der Waals surface area contributed by atoms with E-state index in [2.05, 4.69) is 68.6 Å². The predicted molar refractivity (Wildman–Crippen MR) is 124 cm³/mol. The van der Waals surface area contributed by atoms with E-state index in [4.69, 9.17) is 15.5 Å². The number of nitrogens with one attached hydrogen (secondary N) is 1. The number of guanidine groups is 1. The molecule has 0 amide bonds. The number of fused-ring (bicyclic) bond motifs is 2. The number of ether oxygens (including phenoxy) is 1. The Morgan fingerprint density at radius 3 is 2.59 bits per heavy atom. The van der Waals surface area contributed by atoms with E-state index in [-0.39, 0.29) is 18.4 Å². The molecule has 3 N–H and O–H groups in total. The number of nitrogens with zero attached hydrogens (tertiary/aromatic N) is 2. The Kier molecular flexibility index (Phi) is 5.86. The van der Waals surface area contributed by atoms with Gasteiger partial charge in [-0.15, -0.1) is 12.4 Å². The lowest BCUT2D eigenvalue weighted by atomic mass is 9.83. The zero-order valence-corrected chi connectivity index (χ0v) is 18.4. The molecule has 2 aliphatic heterocycles. The lowest BCUT2D eigenvalue weighted by Gasteiger charge is -2.32. The van der Waals surface area contributed by atoms with Crippen LogP contribution in [0.15, 0.2) is 57.5 Å². The summed E-state index contributed by atoms with van der Waals surface area (Å²) in [5.41, 5.74) is 13.6. The van der Waals surface area contributed by atoms with E-state index in [1.54, 1.807) is 0 Å². The highest BCUT2D eigenvalue weighted by Gasteiger charge is 2.29. The van der Waals surface area contributed by atoms with Crippen LogP contribution < -0.4 is 16.0 Å². The minimum absolute atomic E-state index is 0. The molecule has 3 aliphatic rings. The Bertz CT molecular complexity index is 967. The van der Waals surface area contributed by atoms with Crippen molar-refractivity contribution in [3.8, 4) is 0 Å². The molecule has 2 heterocycles. The summed E-state index contributed by atoms with van der Waals surface area (Å²) in [6.07, 6.45) is 2.02. The summed E-state index contributed by atoms with van der Waals surface area (Å²) in [5.74, 6) is 0.480. The highest BCUT2D eigenvalue weighted by molar-refractivity contribution is 9.10. The lowest BCUT2D eigenvalue weighted by Crippen LogP contribution is -2.37. The number of benzene rings is 2. The molecule has 0 saturated carbocycles. The summed E-state index contributed by atoms with van der Waals surface area (Å²) in [7, 11) is 0. The SMILES string of the molecule is Cl.NC1=NC(c2ccc(N3CCOCC3)cc2)C2=C(N1)c1cc(Br)ccc1CC2. The molecule has 0 spiro atoms. The first kappa shape index (κ1) is 20.3. The number of rotatable bonds is 2. The number of aliphatic imine (C=N–C) groups is 1. The second kappa shape index (κ2) is 8.38. The summed E-state index contributed by atoms with van der Waals surface area (Å²) in [6.45, 7) is 3.47. The number of anilines is 1. The number of halogens is 2. The van der Waals surface area contributed by atoms with E-state index in [9.17, 15) is 0 Å². The van der Waals surface area contributed by atoms with Gasteiger partial charge in [-0.1, -0.05) is 34.1 Å². The highest BCUT2D eigenvalue weighted by atomic mass is 79.9. The first-order chi connectivity index (χ1) is 13.7. The maximum atomic E-state index is 6.18. The van der Waals surface area contributed by atoms with Crippen LogP contribution in [-0.2, 0) is 11.2 Å². The second-order valence-electron chi connectivity index (χ2n) is 7.43. The van der Waals surface area contributed by atoms with Gasteiger partial charge in [-0.2, -0.15) is 0 Å². The van der Waals surface area contributed by atoms with E-state index >= 15 is 0 Å². The molecule has 2 aromatic carbocycles. The van der Waals surface area contributed by atoms with Crippen LogP contribution in [0.1, 0.15) is 29.2 Å². The zero-order valence-electron chi connectivity index (χ0n) is 16.0. The third kappa shape index (κ3) is 3.89. The molecule has 2 aromatic rings. The Labute approximate surface area is 185 Å². The molecular formula is C22H24BrClN4O. The van der Waals surface area contributed by atoms with Gasteiger partial charge >= 0.3 is 0 Å². The maximum Gasteiger partial charge on any atom is 0.194 e. The van der Waals surface area contributed by atoms with Crippen LogP contribution in [0.2, 0.25) is 0 Å². The fourth-order valence-electron chi connectivity index (χ4n) is 4.33. The van der Waals surface area contributed by atoms with Crippen LogP contribution in [0.25, 0.3) is 5.70 Å². The van der Waals surface area contributed by atoms with Gasteiger partial charge in [0.25, 0.3) is 0 Å². The predicted octanol–water partition coefficient (Wildman–Crippen LogP) is 4.02. The maximum absolute atomic E-state index is 6.18. The van der Waals surface area contributed by atoms with E-state index in [1.807, 2.05) is 0 Å². The fourth-order valence-corrected chi connectivity index (χ4v) is 4.69. The van der Waals surface area contributed by atoms with Gasteiger partial charge in [0.15, 0.2) is 5.96 Å². The Morgan fingerprint density at radius 1 is 1.07 bits per heavy atom. The van der Waals surface area contributed by atoms with Gasteiger partial charge < -0.3 is 20.7 Å². The molecule has 7 heteroatoms. The molecular weight excluding hydrogens is 452 g/mol. The van der Waals surface area contributed by atoms with Crippen molar-refractivity contribution in [1.29, 1.82) is 0 Å². The third-order valence-electron chi connectivity index (χ3n) is 5.76. The quantitative estimate of drug-likeness (QED) is 0.688. The Balaban J connectivity index is 0.00000205. The van der Waals surface area contributed by atoms with E-state index in [1.165, 1.54) is 28.0 Å². The smallest absolute Gasteiger partial charge is 0.194 e. The van der Waals surface area contributed by atoms with Gasteiger partial charge in [-0.25, -0.2) is 4.99 Å². The van der Waals surface area contributed by atoms with Crippen LogP contribution >= 0.6 is 28.3 Å². The van der Waals surface area contributed by atoms with Gasteiger partial charge in [-0.3, -0.25) is 0 Å². The van der Waals surface area contributed by atoms with Gasteiger partial charge in [0.2, 0.25) is 0 Å². The third-order valence-corrected chi connectivity index (χ3v) is 6.26. The van der Waals surface area contributed by atoms with E-state index < -0.39 is 0 Å². The fraction of sp³-hybridized carbons (Fsp3) is 0.318. The Morgan fingerprint density at radius 2 is 1.83 bits per heavy atom. The summed E-state index contributed by atoms with van der Waals surface area (Å²) < 4.78 is 6.54. The van der Waals surface area contributed by atoms with Crippen LogP contribution in [-0.4, -0.2) is 32.3 Å². The highest BCUT2D eigenvalue weighted by Crippen LogP contribution is 2.41. The van der Waals surface area contributed by atoms with Crippen molar-refractivity contribution in [2.75, 3.05) is 31.2 Å². The number of morpholine rings is 1. The minimum Gasteiger partial charge on any atom is -0.378 e. The van der Waals surface area contributed by atoms with Crippen LogP contribution in [0, 0.1) is 0 Å². The topological polar surface area (TPSA) is 62.9 Å². The van der Waals surface area contributed by atoms with Crippen molar-refractivity contribution in [3.05, 3.63) is 69.2 Å². The number of nitrogens with two attached hydrogens (primary N) is 1.